The number of aryl methyl sites for hydroxylation is 1. The summed E-state index contributed by atoms with van der Waals surface area (Å²) in [5, 5.41) is 11.8. The predicted octanol–water partition coefficient (Wildman–Crippen LogP) is 4.67. The van der Waals surface area contributed by atoms with Crippen LogP contribution >= 0.6 is 0 Å². The van der Waals surface area contributed by atoms with Crippen molar-refractivity contribution in [2.75, 3.05) is 6.61 Å². The monoisotopic (exact) mass is 419 g/mol. The van der Waals surface area contributed by atoms with E-state index in [9.17, 15) is 19.1 Å². The van der Waals surface area contributed by atoms with Crippen LogP contribution in [0, 0.1) is 12.7 Å². The molecule has 3 aromatic carbocycles. The third-order valence-electron chi connectivity index (χ3n) is 5.57. The Balaban J connectivity index is 1.44. The summed E-state index contributed by atoms with van der Waals surface area (Å²) < 4.78 is 19.5. The molecule has 31 heavy (non-hydrogen) atoms. The molecule has 2 N–H and O–H groups in total. The van der Waals surface area contributed by atoms with E-state index in [4.69, 9.17) is 4.74 Å². The number of ether oxygens (including phenoxy) is 1. The summed E-state index contributed by atoms with van der Waals surface area (Å²) in [5.74, 6) is -1.88. The number of rotatable bonds is 6. The number of fused-ring (bicyclic) bond motifs is 3. The van der Waals surface area contributed by atoms with E-state index in [1.807, 2.05) is 48.5 Å². The number of hydrogen-bond donors (Lipinski definition) is 2. The van der Waals surface area contributed by atoms with Crippen molar-refractivity contribution in [2.45, 2.75) is 25.3 Å². The number of carboxylic acid groups (broad SMARTS) is 1. The van der Waals surface area contributed by atoms with Gasteiger partial charge in [0.15, 0.2) is 0 Å². The van der Waals surface area contributed by atoms with Crippen LogP contribution < -0.4 is 5.32 Å². The van der Waals surface area contributed by atoms with Gasteiger partial charge in [0.1, 0.15) is 18.5 Å². The fourth-order valence-electron chi connectivity index (χ4n) is 4.02. The molecule has 0 saturated carbocycles. The second-order valence-corrected chi connectivity index (χ2v) is 7.66. The SMILES string of the molecule is Cc1ccc(CC(NC(=O)OCC2c3ccccc3-c3ccccc32)C(=O)O)c(F)c1. The Morgan fingerprint density at radius 1 is 1.03 bits per heavy atom. The number of amides is 1. The Labute approximate surface area is 179 Å². The highest BCUT2D eigenvalue weighted by atomic mass is 19.1. The Morgan fingerprint density at radius 2 is 1.65 bits per heavy atom. The standard InChI is InChI=1S/C25H22FNO4/c1-15-10-11-16(22(26)12-15)13-23(24(28)29)27-25(30)31-14-21-19-8-4-2-6-17(19)18-7-3-5-9-20(18)21/h2-12,21,23H,13-14H2,1H3,(H,27,30)(H,28,29). The maximum atomic E-state index is 14.1. The van der Waals surface area contributed by atoms with Crippen molar-refractivity contribution in [3.05, 3.63) is 94.8 Å². The Kier molecular flexibility index (Phi) is 5.71. The summed E-state index contributed by atoms with van der Waals surface area (Å²) in [4.78, 5) is 24.0. The van der Waals surface area contributed by atoms with Crippen LogP contribution in [0.2, 0.25) is 0 Å². The molecule has 1 atom stereocenters. The van der Waals surface area contributed by atoms with Gasteiger partial charge < -0.3 is 15.2 Å². The van der Waals surface area contributed by atoms with E-state index in [0.717, 1.165) is 27.8 Å². The molecule has 1 unspecified atom stereocenters. The van der Waals surface area contributed by atoms with Crippen LogP contribution in [-0.2, 0) is 16.0 Å². The van der Waals surface area contributed by atoms with Crippen LogP contribution in [0.5, 0.6) is 0 Å². The summed E-state index contributed by atoms with van der Waals surface area (Å²) in [6.07, 6.45) is -1.02. The van der Waals surface area contributed by atoms with Crippen LogP contribution in [0.1, 0.15) is 28.2 Å². The number of carbonyl (C=O) groups excluding carboxylic acids is 1. The van der Waals surface area contributed by atoms with Gasteiger partial charge in [0.25, 0.3) is 0 Å². The van der Waals surface area contributed by atoms with Gasteiger partial charge in [0, 0.05) is 12.3 Å². The molecular formula is C25H22FNO4. The number of hydrogen-bond acceptors (Lipinski definition) is 3. The second-order valence-electron chi connectivity index (χ2n) is 7.66. The molecule has 0 heterocycles. The van der Waals surface area contributed by atoms with Gasteiger partial charge in [-0.05, 0) is 46.4 Å². The fraction of sp³-hybridized carbons (Fsp3) is 0.200. The molecule has 4 rings (SSSR count). The molecule has 158 valence electrons. The number of alkyl carbamates (subject to hydrolysis) is 1. The molecule has 1 aliphatic carbocycles. The zero-order valence-corrected chi connectivity index (χ0v) is 17.0. The molecule has 6 heteroatoms. The number of benzene rings is 3. The maximum absolute atomic E-state index is 14.1. The highest BCUT2D eigenvalue weighted by Gasteiger charge is 2.30. The third-order valence-corrected chi connectivity index (χ3v) is 5.57. The molecule has 0 spiro atoms. The number of carbonyl (C=O) groups is 2. The molecule has 1 amide bonds. The number of carboxylic acids is 1. The highest BCUT2D eigenvalue weighted by molar-refractivity contribution is 5.81. The van der Waals surface area contributed by atoms with Crippen molar-refractivity contribution in [2.24, 2.45) is 0 Å². The molecular weight excluding hydrogens is 397 g/mol. The number of nitrogens with one attached hydrogen (secondary N) is 1. The number of halogens is 1. The van der Waals surface area contributed by atoms with Gasteiger partial charge in [-0.2, -0.15) is 0 Å². The summed E-state index contributed by atoms with van der Waals surface area (Å²) in [5.41, 5.74) is 5.28. The summed E-state index contributed by atoms with van der Waals surface area (Å²) in [6, 6.07) is 19.1. The van der Waals surface area contributed by atoms with Crippen LogP contribution in [0.4, 0.5) is 9.18 Å². The highest BCUT2D eigenvalue weighted by Crippen LogP contribution is 2.44. The van der Waals surface area contributed by atoms with E-state index in [1.165, 1.54) is 12.1 Å². The summed E-state index contributed by atoms with van der Waals surface area (Å²) >= 11 is 0. The normalized spacial score (nSPS) is 13.2. The average Bonchev–Trinajstić information content (AvgIpc) is 3.07. The first-order chi connectivity index (χ1) is 14.9. The smallest absolute Gasteiger partial charge is 0.407 e. The minimum absolute atomic E-state index is 0.0745. The van der Waals surface area contributed by atoms with Crippen LogP contribution in [0.15, 0.2) is 66.7 Å². The lowest BCUT2D eigenvalue weighted by Crippen LogP contribution is -2.43. The van der Waals surface area contributed by atoms with E-state index in [0.29, 0.717) is 0 Å². The minimum Gasteiger partial charge on any atom is -0.480 e. The Hall–Kier alpha value is -3.67. The van der Waals surface area contributed by atoms with E-state index >= 15 is 0 Å². The van der Waals surface area contributed by atoms with E-state index < -0.39 is 23.9 Å². The molecule has 0 bridgehead atoms. The predicted molar refractivity (Wildman–Crippen MR) is 114 cm³/mol. The van der Waals surface area contributed by atoms with Crippen LogP contribution in [0.25, 0.3) is 11.1 Å². The average molecular weight is 419 g/mol. The molecule has 0 fully saturated rings. The van der Waals surface area contributed by atoms with E-state index in [-0.39, 0.29) is 24.5 Å². The quantitative estimate of drug-likeness (QED) is 0.609. The van der Waals surface area contributed by atoms with Crippen LogP contribution in [-0.4, -0.2) is 29.8 Å². The molecule has 5 nitrogen and oxygen atoms in total. The van der Waals surface area contributed by atoms with Gasteiger partial charge in [-0.25, -0.2) is 14.0 Å². The lowest BCUT2D eigenvalue weighted by Gasteiger charge is -2.18. The van der Waals surface area contributed by atoms with Gasteiger partial charge >= 0.3 is 12.1 Å². The van der Waals surface area contributed by atoms with E-state index in [2.05, 4.69) is 5.32 Å². The van der Waals surface area contributed by atoms with Gasteiger partial charge in [-0.15, -0.1) is 0 Å². The molecule has 0 radical (unpaired) electrons. The molecule has 1 aliphatic rings. The first kappa shape index (κ1) is 20.6. The topological polar surface area (TPSA) is 75.6 Å². The zero-order chi connectivity index (χ0) is 22.0. The third kappa shape index (κ3) is 4.28. The molecule has 0 aliphatic heterocycles. The second kappa shape index (κ2) is 8.60. The van der Waals surface area contributed by atoms with Crippen molar-refractivity contribution in [3.8, 4) is 11.1 Å². The molecule has 3 aromatic rings. The zero-order valence-electron chi connectivity index (χ0n) is 17.0. The summed E-state index contributed by atoms with van der Waals surface area (Å²) in [7, 11) is 0. The van der Waals surface area contributed by atoms with Gasteiger partial charge in [-0.1, -0.05) is 60.7 Å². The first-order valence-electron chi connectivity index (χ1n) is 10.0. The van der Waals surface area contributed by atoms with Crippen molar-refractivity contribution in [1.29, 1.82) is 0 Å². The molecule has 0 saturated heterocycles. The lowest BCUT2D eigenvalue weighted by atomic mass is 9.98. The van der Waals surface area contributed by atoms with Gasteiger partial charge in [-0.3, -0.25) is 0 Å². The van der Waals surface area contributed by atoms with Crippen molar-refractivity contribution in [1.82, 2.24) is 5.32 Å². The first-order valence-corrected chi connectivity index (χ1v) is 10.0. The lowest BCUT2D eigenvalue weighted by molar-refractivity contribution is -0.139. The Bertz CT molecular complexity index is 1100. The largest absolute Gasteiger partial charge is 0.480 e. The van der Waals surface area contributed by atoms with Gasteiger partial charge in [0.05, 0.1) is 0 Å². The summed E-state index contributed by atoms with van der Waals surface area (Å²) in [6.45, 7) is 1.82. The van der Waals surface area contributed by atoms with Crippen molar-refractivity contribution >= 4 is 12.1 Å². The number of aliphatic carboxylic acids is 1. The van der Waals surface area contributed by atoms with Gasteiger partial charge in [0.2, 0.25) is 0 Å². The fourth-order valence-corrected chi connectivity index (χ4v) is 4.02. The van der Waals surface area contributed by atoms with Crippen molar-refractivity contribution in [3.63, 3.8) is 0 Å². The van der Waals surface area contributed by atoms with Crippen LogP contribution in [0.3, 0.4) is 0 Å². The maximum Gasteiger partial charge on any atom is 0.407 e. The van der Waals surface area contributed by atoms with E-state index in [1.54, 1.807) is 13.0 Å². The Morgan fingerprint density at radius 3 is 2.23 bits per heavy atom. The van der Waals surface area contributed by atoms with Crippen molar-refractivity contribution < 1.29 is 23.8 Å². The molecule has 0 aromatic heterocycles. The minimum atomic E-state index is -1.30.